The van der Waals surface area contributed by atoms with Crippen molar-refractivity contribution in [3.05, 3.63) is 0 Å². The van der Waals surface area contributed by atoms with Gasteiger partial charge in [-0.05, 0) is 0 Å². The summed E-state index contributed by atoms with van der Waals surface area (Å²) in [7, 11) is -0.464. The van der Waals surface area contributed by atoms with Gasteiger partial charge in [0, 0.05) is 0 Å². The average Bonchev–Trinajstić information content (AvgIpc) is 2.96. The van der Waals surface area contributed by atoms with Crippen molar-refractivity contribution in [1.82, 2.24) is 0 Å². The Kier molecular flexibility index (Phi) is 2.32. The Morgan fingerprint density at radius 1 is 0.857 bits per heavy atom. The molecule has 0 aromatic rings. The molecule has 4 heteroatoms. The van der Waals surface area contributed by atoms with Gasteiger partial charge in [0.05, 0.1) is 0 Å². The molecule has 0 saturated heterocycles. The maximum absolute atomic E-state index is 6.07. The monoisotopic (exact) mass is 218 g/mol. The van der Waals surface area contributed by atoms with Gasteiger partial charge in [-0.15, -0.1) is 0 Å². The third-order valence-corrected chi connectivity index (χ3v) is 6.54. The summed E-state index contributed by atoms with van der Waals surface area (Å²) in [6, 6.07) is 0. The van der Waals surface area contributed by atoms with Crippen LogP contribution >= 0.6 is 7.94 Å². The van der Waals surface area contributed by atoms with Gasteiger partial charge >= 0.3 is 85.0 Å². The van der Waals surface area contributed by atoms with E-state index in [-0.39, 0.29) is 0 Å². The molecule has 0 bridgehead atoms. The first kappa shape index (κ1) is 9.53. The molecule has 3 aliphatic rings. The normalized spacial score (nSPS) is 29.2. The van der Waals surface area contributed by atoms with E-state index in [1.807, 2.05) is 0 Å². The molecule has 82 valence electrons. The van der Waals surface area contributed by atoms with Gasteiger partial charge in [-0.3, -0.25) is 0 Å². The zero-order valence-corrected chi connectivity index (χ0v) is 9.70. The molecule has 0 amide bonds. The second kappa shape index (κ2) is 3.41. The molecular weight excluding hydrogens is 199 g/mol. The molecule has 0 radical (unpaired) electrons. The molecule has 0 N–H and O–H groups in total. The van der Waals surface area contributed by atoms with Crippen LogP contribution in [0.1, 0.15) is 38.5 Å². The summed E-state index contributed by atoms with van der Waals surface area (Å²) in [5.41, 5.74) is 0.619. The van der Waals surface area contributed by atoms with E-state index in [0.717, 1.165) is 0 Å². The summed E-state index contributed by atoms with van der Waals surface area (Å²) in [6.07, 6.45) is 8.25. The van der Waals surface area contributed by atoms with Crippen molar-refractivity contribution >= 4 is 7.94 Å². The van der Waals surface area contributed by atoms with E-state index in [2.05, 4.69) is 0 Å². The van der Waals surface area contributed by atoms with E-state index in [1.54, 1.807) is 7.11 Å². The van der Waals surface area contributed by atoms with Crippen molar-refractivity contribution in [2.24, 2.45) is 0 Å². The molecule has 0 aromatic heterocycles. The molecule has 3 nitrogen and oxygen atoms in total. The van der Waals surface area contributed by atoms with E-state index in [9.17, 15) is 0 Å². The quantitative estimate of drug-likeness (QED) is 0.641. The van der Waals surface area contributed by atoms with Crippen molar-refractivity contribution in [3.8, 4) is 0 Å². The summed E-state index contributed by atoms with van der Waals surface area (Å²) in [5.74, 6) is 0. The van der Waals surface area contributed by atoms with Crippen LogP contribution in [-0.4, -0.2) is 25.0 Å². The van der Waals surface area contributed by atoms with Crippen LogP contribution in [0.5, 0.6) is 0 Å². The maximum atomic E-state index is 6.07. The van der Waals surface area contributed by atoms with Crippen LogP contribution in [0.3, 0.4) is 0 Å². The van der Waals surface area contributed by atoms with Crippen LogP contribution in [0.25, 0.3) is 0 Å². The molecule has 3 aliphatic carbocycles. The first-order chi connectivity index (χ1) is 6.82. The predicted octanol–water partition coefficient (Wildman–Crippen LogP) is 2.65. The van der Waals surface area contributed by atoms with Crippen molar-refractivity contribution in [2.75, 3.05) is 7.11 Å². The molecule has 0 heterocycles. The van der Waals surface area contributed by atoms with E-state index in [1.165, 1.54) is 38.5 Å². The Labute approximate surface area is 85.7 Å². The van der Waals surface area contributed by atoms with Gasteiger partial charge in [-0.1, -0.05) is 0 Å². The van der Waals surface area contributed by atoms with Crippen LogP contribution in [0.4, 0.5) is 0 Å². The van der Waals surface area contributed by atoms with Gasteiger partial charge in [0.25, 0.3) is 0 Å². The third kappa shape index (κ3) is 1.96. The van der Waals surface area contributed by atoms with Gasteiger partial charge in [0.1, 0.15) is 0 Å². The average molecular weight is 218 g/mol. The van der Waals surface area contributed by atoms with Gasteiger partial charge < -0.3 is 0 Å². The zero-order chi connectivity index (χ0) is 9.60. The van der Waals surface area contributed by atoms with Crippen LogP contribution in [-0.2, 0) is 13.6 Å². The summed E-state index contributed by atoms with van der Waals surface area (Å²) < 4.78 is 17.8. The first-order valence-electron chi connectivity index (χ1n) is 5.73. The standard InChI is InChI=1S/C10H19O3P/c1-11-14(10-6-7-10,12-8-2-3-8)13-9-4-5-9/h8-10,14H,2-7H2,1H3. The Morgan fingerprint density at radius 2 is 1.36 bits per heavy atom. The second-order valence-corrected chi connectivity index (χ2v) is 7.62. The fourth-order valence-electron chi connectivity index (χ4n) is 1.76. The molecule has 3 rings (SSSR count). The topological polar surface area (TPSA) is 27.7 Å². The molecule has 0 aromatic carbocycles. The summed E-state index contributed by atoms with van der Waals surface area (Å²) >= 11 is 0. The SMILES string of the molecule is CO[PH](OC1CC1)(OC1CC1)C1CC1. The molecule has 0 aliphatic heterocycles. The predicted molar refractivity (Wildman–Crippen MR) is 56.6 cm³/mol. The number of hydrogen-bond donors (Lipinski definition) is 0. The molecule has 0 atom stereocenters. The van der Waals surface area contributed by atoms with Crippen molar-refractivity contribution in [1.29, 1.82) is 0 Å². The van der Waals surface area contributed by atoms with Crippen molar-refractivity contribution in [3.63, 3.8) is 0 Å². The fourth-order valence-corrected chi connectivity index (χ4v) is 5.00. The van der Waals surface area contributed by atoms with Gasteiger partial charge in [0.2, 0.25) is 0 Å². The van der Waals surface area contributed by atoms with Crippen molar-refractivity contribution < 1.29 is 13.6 Å². The van der Waals surface area contributed by atoms with Crippen LogP contribution in [0, 0.1) is 0 Å². The molecule has 14 heavy (non-hydrogen) atoms. The summed E-state index contributed by atoms with van der Waals surface area (Å²) in [6.45, 7) is 0. The minimum atomic E-state index is -2.24. The number of hydrogen-bond acceptors (Lipinski definition) is 3. The Morgan fingerprint density at radius 3 is 1.64 bits per heavy atom. The van der Waals surface area contributed by atoms with E-state index in [4.69, 9.17) is 13.6 Å². The molecule has 0 unspecified atom stereocenters. The Bertz CT molecular complexity index is 207. The second-order valence-electron chi connectivity index (χ2n) is 4.72. The zero-order valence-electron chi connectivity index (χ0n) is 8.70. The molecular formula is C10H19O3P. The van der Waals surface area contributed by atoms with E-state index < -0.39 is 7.94 Å². The minimum absolute atomic E-state index is 0.459. The third-order valence-electron chi connectivity index (χ3n) is 3.07. The Hall–Kier alpha value is 0.310. The molecule has 0 spiro atoms. The van der Waals surface area contributed by atoms with E-state index >= 15 is 0 Å². The Balaban J connectivity index is 1.67. The van der Waals surface area contributed by atoms with Crippen LogP contribution in [0.2, 0.25) is 0 Å². The summed E-state index contributed by atoms with van der Waals surface area (Å²) in [5, 5.41) is 0. The van der Waals surface area contributed by atoms with Gasteiger partial charge in [-0.25, -0.2) is 0 Å². The van der Waals surface area contributed by atoms with E-state index in [0.29, 0.717) is 17.9 Å². The van der Waals surface area contributed by atoms with Crippen LogP contribution in [0.15, 0.2) is 0 Å². The van der Waals surface area contributed by atoms with Gasteiger partial charge in [0.15, 0.2) is 0 Å². The molecule has 3 fully saturated rings. The summed E-state index contributed by atoms with van der Waals surface area (Å²) in [4.78, 5) is 0. The van der Waals surface area contributed by atoms with Gasteiger partial charge in [-0.2, -0.15) is 0 Å². The number of rotatable bonds is 6. The fraction of sp³-hybridized carbons (Fsp3) is 1.00. The first-order valence-corrected chi connectivity index (χ1v) is 7.53. The van der Waals surface area contributed by atoms with Crippen molar-refractivity contribution in [2.45, 2.75) is 56.4 Å². The van der Waals surface area contributed by atoms with Crippen LogP contribution < -0.4 is 0 Å². The molecule has 3 saturated carbocycles.